The van der Waals surface area contributed by atoms with Crippen molar-refractivity contribution in [3.63, 3.8) is 0 Å². The molecule has 1 aromatic heterocycles. The van der Waals surface area contributed by atoms with Crippen molar-refractivity contribution in [2.24, 2.45) is 7.05 Å². The Morgan fingerprint density at radius 2 is 2.50 bits per heavy atom. The number of hydrogen-bond acceptors (Lipinski definition) is 3. The summed E-state index contributed by atoms with van der Waals surface area (Å²) in [6.07, 6.45) is 2.64. The molecule has 0 unspecified atom stereocenters. The monoisotopic (exact) mass is 140 g/mol. The van der Waals surface area contributed by atoms with Crippen molar-refractivity contribution >= 4 is 5.95 Å². The minimum atomic E-state index is 0.835. The maximum Gasteiger partial charge on any atom is 0.220 e. The predicted octanol–water partition coefficient (Wildman–Crippen LogP) is 0.637. The van der Waals surface area contributed by atoms with E-state index < -0.39 is 0 Å². The van der Waals surface area contributed by atoms with Gasteiger partial charge in [0.2, 0.25) is 5.95 Å². The van der Waals surface area contributed by atoms with Crippen molar-refractivity contribution < 1.29 is 0 Å². The summed E-state index contributed by atoms with van der Waals surface area (Å²) in [5.74, 6) is 0.835. The quantitative estimate of drug-likeness (QED) is 0.669. The van der Waals surface area contributed by atoms with E-state index in [0.29, 0.717) is 0 Å². The molecule has 0 aliphatic rings. The van der Waals surface area contributed by atoms with Crippen LogP contribution in [0.15, 0.2) is 6.33 Å². The van der Waals surface area contributed by atoms with Gasteiger partial charge in [-0.05, 0) is 6.42 Å². The standard InChI is InChI=1S/C6H12N4/c1-3-4-7-6-8-5-9-10(6)2/h5H,3-4H2,1-2H3,(H,7,8,9). The molecule has 0 radical (unpaired) electrons. The second-order valence-electron chi connectivity index (χ2n) is 2.13. The van der Waals surface area contributed by atoms with Crippen molar-refractivity contribution in [3.05, 3.63) is 6.33 Å². The molecule has 0 aliphatic heterocycles. The Kier molecular flexibility index (Phi) is 2.25. The van der Waals surface area contributed by atoms with Gasteiger partial charge in [-0.3, -0.25) is 0 Å². The Morgan fingerprint density at radius 1 is 1.70 bits per heavy atom. The zero-order valence-corrected chi connectivity index (χ0v) is 6.33. The van der Waals surface area contributed by atoms with Gasteiger partial charge in [0.05, 0.1) is 0 Å². The lowest BCUT2D eigenvalue weighted by atomic mass is 10.5. The third-order valence-corrected chi connectivity index (χ3v) is 1.24. The molecular weight excluding hydrogens is 128 g/mol. The van der Waals surface area contributed by atoms with Gasteiger partial charge >= 0.3 is 0 Å². The summed E-state index contributed by atoms with van der Waals surface area (Å²) in [5, 5.41) is 7.04. The Hall–Kier alpha value is -1.06. The molecule has 0 saturated carbocycles. The molecule has 4 nitrogen and oxygen atoms in total. The highest BCUT2D eigenvalue weighted by Crippen LogP contribution is 1.96. The molecule has 4 heteroatoms. The topological polar surface area (TPSA) is 42.7 Å². The molecule has 0 atom stereocenters. The van der Waals surface area contributed by atoms with Crippen molar-refractivity contribution in [1.29, 1.82) is 0 Å². The van der Waals surface area contributed by atoms with E-state index in [1.54, 1.807) is 4.68 Å². The highest BCUT2D eigenvalue weighted by atomic mass is 15.4. The third kappa shape index (κ3) is 1.46. The molecule has 10 heavy (non-hydrogen) atoms. The van der Waals surface area contributed by atoms with Crippen LogP contribution in [0.3, 0.4) is 0 Å². The highest BCUT2D eigenvalue weighted by Gasteiger charge is 1.94. The number of aromatic nitrogens is 3. The van der Waals surface area contributed by atoms with Gasteiger partial charge < -0.3 is 5.32 Å². The number of rotatable bonds is 3. The number of aryl methyl sites for hydroxylation is 1. The van der Waals surface area contributed by atoms with Crippen molar-refractivity contribution in [3.8, 4) is 0 Å². The largest absolute Gasteiger partial charge is 0.354 e. The summed E-state index contributed by atoms with van der Waals surface area (Å²) in [6.45, 7) is 3.07. The number of nitrogens with one attached hydrogen (secondary N) is 1. The predicted molar refractivity (Wildman–Crippen MR) is 39.8 cm³/mol. The van der Waals surface area contributed by atoms with Gasteiger partial charge in [0.15, 0.2) is 0 Å². The first-order valence-electron chi connectivity index (χ1n) is 3.42. The van der Waals surface area contributed by atoms with Crippen LogP contribution >= 0.6 is 0 Å². The van der Waals surface area contributed by atoms with E-state index in [1.165, 1.54) is 6.33 Å². The van der Waals surface area contributed by atoms with Gasteiger partial charge in [-0.25, -0.2) is 4.68 Å². The summed E-state index contributed by atoms with van der Waals surface area (Å²) in [4.78, 5) is 3.99. The smallest absolute Gasteiger partial charge is 0.220 e. The molecule has 0 spiro atoms. The van der Waals surface area contributed by atoms with E-state index in [-0.39, 0.29) is 0 Å². The first kappa shape index (κ1) is 7.05. The molecule has 0 amide bonds. The lowest BCUT2D eigenvalue weighted by Gasteiger charge is -2.00. The molecule has 0 bridgehead atoms. The lowest BCUT2D eigenvalue weighted by Crippen LogP contribution is -2.05. The van der Waals surface area contributed by atoms with E-state index >= 15 is 0 Å². The molecule has 0 fully saturated rings. The Labute approximate surface area is 60.3 Å². The maximum atomic E-state index is 3.99. The first-order valence-corrected chi connectivity index (χ1v) is 3.42. The maximum absolute atomic E-state index is 3.99. The second-order valence-corrected chi connectivity index (χ2v) is 2.13. The van der Waals surface area contributed by atoms with Gasteiger partial charge in [-0.15, -0.1) is 0 Å². The average Bonchev–Trinajstić information content (AvgIpc) is 2.31. The fourth-order valence-corrected chi connectivity index (χ4v) is 0.693. The lowest BCUT2D eigenvalue weighted by molar-refractivity contribution is 0.764. The van der Waals surface area contributed by atoms with E-state index in [1.807, 2.05) is 7.05 Å². The molecule has 1 heterocycles. The van der Waals surface area contributed by atoms with Crippen LogP contribution in [-0.2, 0) is 7.05 Å². The third-order valence-electron chi connectivity index (χ3n) is 1.24. The molecule has 0 saturated heterocycles. The van der Waals surface area contributed by atoms with Crippen LogP contribution < -0.4 is 5.32 Å². The van der Waals surface area contributed by atoms with Crippen LogP contribution in [0.1, 0.15) is 13.3 Å². The van der Waals surface area contributed by atoms with Gasteiger partial charge in [-0.2, -0.15) is 10.1 Å². The average molecular weight is 140 g/mol. The Balaban J connectivity index is 2.49. The van der Waals surface area contributed by atoms with E-state index in [2.05, 4.69) is 22.3 Å². The van der Waals surface area contributed by atoms with Crippen LogP contribution in [0.2, 0.25) is 0 Å². The van der Waals surface area contributed by atoms with E-state index in [9.17, 15) is 0 Å². The van der Waals surface area contributed by atoms with Crippen LogP contribution in [-0.4, -0.2) is 21.3 Å². The van der Waals surface area contributed by atoms with Crippen LogP contribution in [0, 0.1) is 0 Å². The summed E-state index contributed by atoms with van der Waals surface area (Å²) in [5.41, 5.74) is 0. The minimum absolute atomic E-state index is 0.835. The SMILES string of the molecule is CCCNc1ncnn1C. The molecule has 56 valence electrons. The zero-order chi connectivity index (χ0) is 7.40. The number of hydrogen-bond donors (Lipinski definition) is 1. The van der Waals surface area contributed by atoms with Crippen LogP contribution in [0.25, 0.3) is 0 Å². The van der Waals surface area contributed by atoms with E-state index in [0.717, 1.165) is 18.9 Å². The zero-order valence-electron chi connectivity index (χ0n) is 6.33. The van der Waals surface area contributed by atoms with Crippen LogP contribution in [0.5, 0.6) is 0 Å². The number of anilines is 1. The Morgan fingerprint density at radius 3 is 3.00 bits per heavy atom. The van der Waals surface area contributed by atoms with Gasteiger partial charge in [0, 0.05) is 13.6 Å². The molecule has 0 aromatic carbocycles. The molecule has 1 N–H and O–H groups in total. The first-order chi connectivity index (χ1) is 4.84. The Bertz CT molecular complexity index is 193. The van der Waals surface area contributed by atoms with Crippen molar-refractivity contribution in [2.75, 3.05) is 11.9 Å². The molecule has 0 aliphatic carbocycles. The summed E-state index contributed by atoms with van der Waals surface area (Å²) in [7, 11) is 1.87. The summed E-state index contributed by atoms with van der Waals surface area (Å²) >= 11 is 0. The summed E-state index contributed by atoms with van der Waals surface area (Å²) < 4.78 is 1.72. The molecule has 1 rings (SSSR count). The fraction of sp³-hybridized carbons (Fsp3) is 0.667. The second kappa shape index (κ2) is 3.20. The molecular formula is C6H12N4. The number of nitrogens with zero attached hydrogens (tertiary/aromatic N) is 3. The normalized spacial score (nSPS) is 9.80. The fourth-order valence-electron chi connectivity index (χ4n) is 0.693. The van der Waals surface area contributed by atoms with Crippen molar-refractivity contribution in [1.82, 2.24) is 14.8 Å². The van der Waals surface area contributed by atoms with Gasteiger partial charge in [0.25, 0.3) is 0 Å². The van der Waals surface area contributed by atoms with Crippen LogP contribution in [0.4, 0.5) is 5.95 Å². The van der Waals surface area contributed by atoms with Gasteiger partial charge in [-0.1, -0.05) is 6.92 Å². The van der Waals surface area contributed by atoms with E-state index in [4.69, 9.17) is 0 Å². The molecule has 1 aromatic rings. The highest BCUT2D eigenvalue weighted by molar-refractivity contribution is 5.21. The van der Waals surface area contributed by atoms with Gasteiger partial charge in [0.1, 0.15) is 6.33 Å². The minimum Gasteiger partial charge on any atom is -0.354 e. The summed E-state index contributed by atoms with van der Waals surface area (Å²) in [6, 6.07) is 0. The van der Waals surface area contributed by atoms with Crippen molar-refractivity contribution in [2.45, 2.75) is 13.3 Å².